The highest BCUT2D eigenvalue weighted by atomic mass is 79.9. The molecule has 0 atom stereocenters. The van der Waals surface area contributed by atoms with Gasteiger partial charge >= 0.3 is 0 Å². The number of fused-ring (bicyclic) bond motifs is 1. The third kappa shape index (κ3) is 4.46. The van der Waals surface area contributed by atoms with Gasteiger partial charge in [0.25, 0.3) is 11.8 Å². The summed E-state index contributed by atoms with van der Waals surface area (Å²) in [6.45, 7) is 1.26. The summed E-state index contributed by atoms with van der Waals surface area (Å²) >= 11 is 8.62. The second kappa shape index (κ2) is 9.13. The van der Waals surface area contributed by atoms with Crippen molar-refractivity contribution >= 4 is 62.1 Å². The first-order chi connectivity index (χ1) is 15.0. The summed E-state index contributed by atoms with van der Waals surface area (Å²) in [7, 11) is 1.55. The first-order valence-electron chi connectivity index (χ1n) is 9.68. The number of nitrogens with one attached hydrogen (secondary N) is 1. The van der Waals surface area contributed by atoms with Crippen LogP contribution < -0.4 is 5.32 Å². The second-order valence-electron chi connectivity index (χ2n) is 7.12. The summed E-state index contributed by atoms with van der Waals surface area (Å²) < 4.78 is 8.19. The highest BCUT2D eigenvalue weighted by Crippen LogP contribution is 2.26. The number of hydrogen-bond acceptors (Lipinski definition) is 4. The normalized spacial score (nSPS) is 15.7. The van der Waals surface area contributed by atoms with Gasteiger partial charge < -0.3 is 9.30 Å². The molecule has 2 aromatic carbocycles. The summed E-state index contributed by atoms with van der Waals surface area (Å²) in [4.78, 5) is 26.9. The Kier molecular flexibility index (Phi) is 6.31. The number of thiocarbonyl (C=S) groups is 1. The summed E-state index contributed by atoms with van der Waals surface area (Å²) in [6, 6.07) is 16.1. The monoisotopic (exact) mass is 497 g/mol. The average Bonchev–Trinajstić information content (AvgIpc) is 3.10. The number of benzene rings is 2. The number of nitrogens with zero attached hydrogens (tertiary/aromatic N) is 2. The van der Waals surface area contributed by atoms with Crippen molar-refractivity contribution in [3.8, 4) is 0 Å². The summed E-state index contributed by atoms with van der Waals surface area (Å²) in [6.07, 6.45) is 3.60. The zero-order valence-corrected chi connectivity index (χ0v) is 19.2. The molecule has 2 amide bonds. The zero-order chi connectivity index (χ0) is 22.0. The first kappa shape index (κ1) is 21.4. The average molecular weight is 498 g/mol. The number of halogens is 1. The Labute approximate surface area is 193 Å². The van der Waals surface area contributed by atoms with Crippen LogP contribution >= 0.6 is 28.1 Å². The minimum Gasteiger partial charge on any atom is -0.383 e. The van der Waals surface area contributed by atoms with Gasteiger partial charge in [-0.05, 0) is 42.1 Å². The van der Waals surface area contributed by atoms with Crippen molar-refractivity contribution in [3.05, 3.63) is 75.9 Å². The predicted molar refractivity (Wildman–Crippen MR) is 127 cm³/mol. The second-order valence-corrected chi connectivity index (χ2v) is 8.43. The van der Waals surface area contributed by atoms with Crippen molar-refractivity contribution in [2.75, 3.05) is 20.3 Å². The Hall–Kier alpha value is -2.81. The lowest BCUT2D eigenvalue weighted by Crippen LogP contribution is -2.54. The zero-order valence-electron chi connectivity index (χ0n) is 16.8. The molecule has 1 aliphatic rings. The minimum atomic E-state index is -0.492. The molecule has 1 N–H and O–H groups in total. The van der Waals surface area contributed by atoms with E-state index in [0.717, 1.165) is 26.5 Å². The molecule has 0 bridgehead atoms. The number of amides is 2. The van der Waals surface area contributed by atoms with E-state index < -0.39 is 11.8 Å². The molecule has 6 nitrogen and oxygen atoms in total. The van der Waals surface area contributed by atoms with E-state index >= 15 is 0 Å². The lowest BCUT2D eigenvalue weighted by molar-refractivity contribution is -0.129. The van der Waals surface area contributed by atoms with E-state index in [0.29, 0.717) is 13.2 Å². The van der Waals surface area contributed by atoms with Gasteiger partial charge in [0, 0.05) is 40.8 Å². The van der Waals surface area contributed by atoms with Crippen LogP contribution in [0.2, 0.25) is 0 Å². The predicted octanol–water partition coefficient (Wildman–Crippen LogP) is 3.73. The Balaban J connectivity index is 1.73. The molecule has 1 saturated heterocycles. The SMILES string of the molecule is COCCN1C(=O)/C(=C/c2cn(Cc3ccc(Br)cc3)c3ccccc23)C(=O)NC1=S. The molecule has 158 valence electrons. The maximum atomic E-state index is 13.0. The van der Waals surface area contributed by atoms with E-state index in [-0.39, 0.29) is 17.2 Å². The summed E-state index contributed by atoms with van der Waals surface area (Å²) in [5.41, 5.74) is 3.01. The lowest BCUT2D eigenvalue weighted by Gasteiger charge is -2.28. The van der Waals surface area contributed by atoms with Crippen LogP contribution in [0.1, 0.15) is 11.1 Å². The van der Waals surface area contributed by atoms with Gasteiger partial charge in [-0.3, -0.25) is 19.8 Å². The van der Waals surface area contributed by atoms with Crippen LogP contribution in [0, 0.1) is 0 Å². The molecule has 0 radical (unpaired) electrons. The van der Waals surface area contributed by atoms with Crippen molar-refractivity contribution in [3.63, 3.8) is 0 Å². The number of hydrogen-bond donors (Lipinski definition) is 1. The van der Waals surface area contributed by atoms with Gasteiger partial charge in [-0.25, -0.2) is 0 Å². The molecule has 31 heavy (non-hydrogen) atoms. The van der Waals surface area contributed by atoms with Gasteiger partial charge in [0.15, 0.2) is 5.11 Å². The van der Waals surface area contributed by atoms with E-state index in [4.69, 9.17) is 17.0 Å². The number of rotatable bonds is 6. The first-order valence-corrected chi connectivity index (χ1v) is 10.9. The largest absolute Gasteiger partial charge is 0.383 e. The molecular weight excluding hydrogens is 478 g/mol. The fourth-order valence-electron chi connectivity index (χ4n) is 3.54. The van der Waals surface area contributed by atoms with E-state index in [2.05, 4.69) is 37.9 Å². The molecule has 0 saturated carbocycles. The summed E-state index contributed by atoms with van der Waals surface area (Å²) in [5, 5.41) is 3.66. The summed E-state index contributed by atoms with van der Waals surface area (Å²) in [5.74, 6) is -0.913. The third-order valence-electron chi connectivity index (χ3n) is 5.09. The standard InChI is InChI=1S/C23H20BrN3O3S/c1-30-11-10-27-22(29)19(21(28)25-23(27)31)12-16-14-26(20-5-3-2-4-18(16)20)13-15-6-8-17(24)9-7-15/h2-9,12,14H,10-11,13H2,1H3,(H,25,28,31)/b19-12+. The maximum Gasteiger partial charge on any atom is 0.265 e. The van der Waals surface area contributed by atoms with Crippen LogP contribution in [0.25, 0.3) is 17.0 Å². The molecule has 0 unspecified atom stereocenters. The quantitative estimate of drug-likeness (QED) is 0.320. The van der Waals surface area contributed by atoms with E-state index in [1.165, 1.54) is 4.90 Å². The van der Waals surface area contributed by atoms with E-state index in [1.54, 1.807) is 13.2 Å². The molecule has 4 rings (SSSR count). The fourth-order valence-corrected chi connectivity index (χ4v) is 4.07. The maximum absolute atomic E-state index is 13.0. The van der Waals surface area contributed by atoms with Gasteiger partial charge in [0.2, 0.25) is 0 Å². The fraction of sp³-hybridized carbons (Fsp3) is 0.174. The molecule has 1 aromatic heterocycles. The Bertz CT molecular complexity index is 1200. The van der Waals surface area contributed by atoms with E-state index in [9.17, 15) is 9.59 Å². The van der Waals surface area contributed by atoms with Crippen LogP contribution in [0.5, 0.6) is 0 Å². The number of methoxy groups -OCH3 is 1. The van der Waals surface area contributed by atoms with Gasteiger partial charge in [-0.2, -0.15) is 0 Å². The van der Waals surface area contributed by atoms with Crippen LogP contribution in [-0.2, 0) is 20.9 Å². The molecule has 1 fully saturated rings. The Morgan fingerprint density at radius 1 is 1.13 bits per heavy atom. The van der Waals surface area contributed by atoms with Crippen molar-refractivity contribution in [2.45, 2.75) is 6.54 Å². The highest BCUT2D eigenvalue weighted by Gasteiger charge is 2.33. The molecular formula is C23H20BrN3O3S. The molecule has 0 spiro atoms. The van der Waals surface area contributed by atoms with Crippen LogP contribution in [0.4, 0.5) is 0 Å². The number of para-hydroxylation sites is 1. The smallest absolute Gasteiger partial charge is 0.265 e. The van der Waals surface area contributed by atoms with Crippen LogP contribution in [0.3, 0.4) is 0 Å². The van der Waals surface area contributed by atoms with Crippen molar-refractivity contribution in [1.29, 1.82) is 0 Å². The topological polar surface area (TPSA) is 63.6 Å². The number of carbonyl (C=O) groups excluding carboxylic acids is 2. The van der Waals surface area contributed by atoms with Crippen LogP contribution in [0.15, 0.2) is 64.8 Å². The molecule has 1 aliphatic heterocycles. The van der Waals surface area contributed by atoms with Crippen molar-refractivity contribution in [1.82, 2.24) is 14.8 Å². The van der Waals surface area contributed by atoms with Gasteiger partial charge in [-0.1, -0.05) is 46.3 Å². The number of carbonyl (C=O) groups is 2. The molecule has 0 aliphatic carbocycles. The molecule has 2 heterocycles. The van der Waals surface area contributed by atoms with Gasteiger partial charge in [0.1, 0.15) is 5.57 Å². The lowest BCUT2D eigenvalue weighted by atomic mass is 10.1. The third-order valence-corrected chi connectivity index (χ3v) is 5.94. The Morgan fingerprint density at radius 2 is 1.87 bits per heavy atom. The Morgan fingerprint density at radius 3 is 2.61 bits per heavy atom. The number of ether oxygens (including phenoxy) is 1. The number of aromatic nitrogens is 1. The van der Waals surface area contributed by atoms with Gasteiger partial charge in [0.05, 0.1) is 13.2 Å². The van der Waals surface area contributed by atoms with E-state index in [1.807, 2.05) is 42.6 Å². The van der Waals surface area contributed by atoms with Gasteiger partial charge in [-0.15, -0.1) is 0 Å². The van der Waals surface area contributed by atoms with Crippen molar-refractivity contribution in [2.24, 2.45) is 0 Å². The molecule has 8 heteroatoms. The molecule has 3 aromatic rings. The van der Waals surface area contributed by atoms with Crippen LogP contribution in [-0.4, -0.2) is 46.7 Å². The van der Waals surface area contributed by atoms with Crippen molar-refractivity contribution < 1.29 is 14.3 Å². The minimum absolute atomic E-state index is 0.0521. The highest BCUT2D eigenvalue weighted by molar-refractivity contribution is 9.10.